The van der Waals surface area contributed by atoms with E-state index in [4.69, 9.17) is 5.73 Å². The van der Waals surface area contributed by atoms with Crippen LogP contribution in [0.2, 0.25) is 0 Å². The Morgan fingerprint density at radius 3 is 2.50 bits per heavy atom. The maximum atomic E-state index is 13.3. The molecular formula is C12H19FN2S. The van der Waals surface area contributed by atoms with E-state index in [0.717, 1.165) is 11.1 Å². The van der Waals surface area contributed by atoms with Crippen LogP contribution in [0.1, 0.15) is 31.9 Å². The van der Waals surface area contributed by atoms with Gasteiger partial charge in [0, 0.05) is 11.3 Å². The zero-order chi connectivity index (χ0) is 12.3. The first-order chi connectivity index (χ1) is 7.29. The Morgan fingerprint density at radius 2 is 2.00 bits per heavy atom. The molecule has 2 nitrogen and oxygen atoms in total. The van der Waals surface area contributed by atoms with E-state index in [2.05, 4.69) is 25.5 Å². The van der Waals surface area contributed by atoms with E-state index in [9.17, 15) is 4.39 Å². The highest BCUT2D eigenvalue weighted by Gasteiger charge is 2.10. The molecule has 0 unspecified atom stereocenters. The molecule has 0 amide bonds. The van der Waals surface area contributed by atoms with Crippen molar-refractivity contribution in [1.29, 1.82) is 0 Å². The lowest BCUT2D eigenvalue weighted by Gasteiger charge is -2.18. The molecule has 0 aliphatic heterocycles. The fourth-order valence-electron chi connectivity index (χ4n) is 1.26. The molecule has 16 heavy (non-hydrogen) atoms. The van der Waals surface area contributed by atoms with Crippen LogP contribution in [0.3, 0.4) is 0 Å². The number of rotatable bonds is 3. The van der Waals surface area contributed by atoms with Gasteiger partial charge in [0.05, 0.1) is 5.69 Å². The molecule has 3 N–H and O–H groups in total. The average Bonchev–Trinajstić information content (AvgIpc) is 2.12. The van der Waals surface area contributed by atoms with Crippen LogP contribution in [0.4, 0.5) is 10.1 Å². The third-order valence-corrected chi connectivity index (χ3v) is 2.95. The molecule has 0 aliphatic rings. The summed E-state index contributed by atoms with van der Waals surface area (Å²) in [6.07, 6.45) is 0. The van der Waals surface area contributed by atoms with Crippen molar-refractivity contribution in [2.75, 3.05) is 5.73 Å². The highest BCUT2D eigenvalue weighted by Crippen LogP contribution is 2.22. The molecule has 0 saturated carbocycles. The molecule has 0 heterocycles. The number of halogens is 1. The zero-order valence-electron chi connectivity index (χ0n) is 10.2. The lowest BCUT2D eigenvalue weighted by Crippen LogP contribution is -2.16. The third kappa shape index (κ3) is 4.02. The molecule has 0 spiro atoms. The van der Waals surface area contributed by atoms with Crippen molar-refractivity contribution < 1.29 is 4.39 Å². The third-order valence-electron chi connectivity index (χ3n) is 2.05. The SMILES string of the molecule is Cc1cc(CNSC(C)(C)C)cc(F)c1N. The fourth-order valence-corrected chi connectivity index (χ4v) is 1.94. The van der Waals surface area contributed by atoms with E-state index in [1.807, 2.05) is 13.0 Å². The van der Waals surface area contributed by atoms with E-state index in [1.54, 1.807) is 11.9 Å². The van der Waals surface area contributed by atoms with Gasteiger partial charge in [-0.25, -0.2) is 4.39 Å². The first kappa shape index (κ1) is 13.3. The maximum absolute atomic E-state index is 13.3. The molecule has 0 atom stereocenters. The molecule has 1 rings (SSSR count). The van der Waals surface area contributed by atoms with Gasteiger partial charge in [-0.05, 0) is 44.9 Å². The molecule has 1 aromatic carbocycles. The summed E-state index contributed by atoms with van der Waals surface area (Å²) >= 11 is 1.64. The summed E-state index contributed by atoms with van der Waals surface area (Å²) in [4.78, 5) is 0. The van der Waals surface area contributed by atoms with Crippen molar-refractivity contribution >= 4 is 17.6 Å². The Labute approximate surface area is 101 Å². The molecule has 0 radical (unpaired) electrons. The van der Waals surface area contributed by atoms with E-state index >= 15 is 0 Å². The Bertz CT molecular complexity index is 349. The molecule has 0 aromatic heterocycles. The van der Waals surface area contributed by atoms with Gasteiger partial charge in [0.2, 0.25) is 0 Å². The van der Waals surface area contributed by atoms with Crippen molar-refractivity contribution in [2.24, 2.45) is 0 Å². The highest BCUT2D eigenvalue weighted by atomic mass is 32.2. The monoisotopic (exact) mass is 242 g/mol. The van der Waals surface area contributed by atoms with Crippen LogP contribution in [-0.4, -0.2) is 4.75 Å². The molecule has 1 aromatic rings. The van der Waals surface area contributed by atoms with Gasteiger partial charge in [-0.15, -0.1) is 0 Å². The van der Waals surface area contributed by atoms with Crippen molar-refractivity contribution in [2.45, 2.75) is 39.0 Å². The Hall–Kier alpha value is -0.740. The summed E-state index contributed by atoms with van der Waals surface area (Å²) in [5, 5.41) is 0. The lowest BCUT2D eigenvalue weighted by atomic mass is 10.1. The predicted molar refractivity (Wildman–Crippen MR) is 69.7 cm³/mol. The topological polar surface area (TPSA) is 38.0 Å². The number of nitrogens with one attached hydrogen (secondary N) is 1. The van der Waals surface area contributed by atoms with Crippen LogP contribution >= 0.6 is 11.9 Å². The minimum atomic E-state index is -0.336. The van der Waals surface area contributed by atoms with Crippen LogP contribution in [0, 0.1) is 12.7 Å². The van der Waals surface area contributed by atoms with Crippen molar-refractivity contribution in [1.82, 2.24) is 4.72 Å². The molecule has 90 valence electrons. The van der Waals surface area contributed by atoms with E-state index in [0.29, 0.717) is 6.54 Å². The van der Waals surface area contributed by atoms with Gasteiger partial charge < -0.3 is 5.73 Å². The summed E-state index contributed by atoms with van der Waals surface area (Å²) in [6, 6.07) is 3.40. The van der Waals surface area contributed by atoms with Gasteiger partial charge >= 0.3 is 0 Å². The second-order valence-corrected chi connectivity index (χ2v) is 6.56. The summed E-state index contributed by atoms with van der Waals surface area (Å²) in [5.41, 5.74) is 7.50. The number of hydrogen-bond acceptors (Lipinski definition) is 3. The molecular weight excluding hydrogens is 223 g/mol. The van der Waals surface area contributed by atoms with Gasteiger partial charge in [-0.1, -0.05) is 18.0 Å². The first-order valence-electron chi connectivity index (χ1n) is 5.25. The molecule has 0 fully saturated rings. The molecule has 0 saturated heterocycles. The predicted octanol–water partition coefficient (Wildman–Crippen LogP) is 3.25. The van der Waals surface area contributed by atoms with Gasteiger partial charge in [0.15, 0.2) is 0 Å². The Balaban J connectivity index is 2.62. The van der Waals surface area contributed by atoms with E-state index in [1.165, 1.54) is 6.07 Å². The fraction of sp³-hybridized carbons (Fsp3) is 0.500. The zero-order valence-corrected chi connectivity index (χ0v) is 11.0. The van der Waals surface area contributed by atoms with Gasteiger partial charge in [-0.3, -0.25) is 4.72 Å². The average molecular weight is 242 g/mol. The molecule has 4 heteroatoms. The van der Waals surface area contributed by atoms with Gasteiger partial charge in [0.1, 0.15) is 5.82 Å². The van der Waals surface area contributed by atoms with Crippen LogP contribution in [-0.2, 0) is 6.54 Å². The number of nitrogens with two attached hydrogens (primary N) is 1. The number of nitrogen functional groups attached to an aromatic ring is 1. The Morgan fingerprint density at radius 1 is 1.38 bits per heavy atom. The minimum Gasteiger partial charge on any atom is -0.396 e. The van der Waals surface area contributed by atoms with Crippen LogP contribution in [0.25, 0.3) is 0 Å². The normalized spacial score (nSPS) is 11.8. The Kier molecular flexibility index (Phi) is 4.21. The summed E-state index contributed by atoms with van der Waals surface area (Å²) in [7, 11) is 0. The largest absolute Gasteiger partial charge is 0.396 e. The minimum absolute atomic E-state index is 0.154. The molecule has 0 aliphatic carbocycles. The molecule has 0 bridgehead atoms. The van der Waals surface area contributed by atoms with Crippen molar-refractivity contribution in [3.05, 3.63) is 29.1 Å². The number of benzene rings is 1. The smallest absolute Gasteiger partial charge is 0.146 e. The van der Waals surface area contributed by atoms with Crippen LogP contribution in [0.5, 0.6) is 0 Å². The van der Waals surface area contributed by atoms with Gasteiger partial charge in [-0.2, -0.15) is 0 Å². The van der Waals surface area contributed by atoms with Crippen molar-refractivity contribution in [3.8, 4) is 0 Å². The van der Waals surface area contributed by atoms with Crippen molar-refractivity contribution in [3.63, 3.8) is 0 Å². The van der Waals surface area contributed by atoms with Gasteiger partial charge in [0.25, 0.3) is 0 Å². The second-order valence-electron chi connectivity index (χ2n) is 4.84. The van der Waals surface area contributed by atoms with Crippen LogP contribution in [0.15, 0.2) is 12.1 Å². The second kappa shape index (κ2) is 5.06. The lowest BCUT2D eigenvalue weighted by molar-refractivity contribution is 0.628. The number of aryl methyl sites for hydroxylation is 1. The van der Waals surface area contributed by atoms with E-state index < -0.39 is 0 Å². The number of hydrogen-bond donors (Lipinski definition) is 2. The maximum Gasteiger partial charge on any atom is 0.146 e. The van der Waals surface area contributed by atoms with E-state index in [-0.39, 0.29) is 16.3 Å². The van der Waals surface area contributed by atoms with Crippen LogP contribution < -0.4 is 10.5 Å². The number of anilines is 1. The summed E-state index contributed by atoms with van der Waals surface area (Å²) < 4.78 is 16.7. The highest BCUT2D eigenvalue weighted by molar-refractivity contribution is 7.98. The quantitative estimate of drug-likeness (QED) is 0.631. The summed E-state index contributed by atoms with van der Waals surface area (Å²) in [5.74, 6) is -0.336. The standard InChI is InChI=1S/C12H19FN2S/c1-8-5-9(6-10(13)11(8)14)7-15-16-12(2,3)4/h5-6,15H,7,14H2,1-4H3. The first-order valence-corrected chi connectivity index (χ1v) is 6.06. The summed E-state index contributed by atoms with van der Waals surface area (Å²) in [6.45, 7) is 8.83.